The molecule has 6 nitrogen and oxygen atoms in total. The number of nitrogens with zero attached hydrogens (tertiary/aromatic N) is 4. The number of ether oxygens (including phenoxy) is 1. The maximum Gasteiger partial charge on any atom is 0.210 e. The van der Waals surface area contributed by atoms with Crippen LogP contribution < -0.4 is 5.32 Å². The van der Waals surface area contributed by atoms with Crippen LogP contribution in [0.3, 0.4) is 0 Å². The lowest BCUT2D eigenvalue weighted by Gasteiger charge is -2.04. The number of aromatic nitrogens is 4. The normalized spacial score (nSPS) is 10.2. The first kappa shape index (κ1) is 13.0. The molecular formula is C9H15N5OS. The van der Waals surface area contributed by atoms with Gasteiger partial charge in [-0.25, -0.2) is 4.68 Å². The smallest absolute Gasteiger partial charge is 0.210 e. The molecule has 0 unspecified atom stereocenters. The Morgan fingerprint density at radius 2 is 2.44 bits per heavy atom. The number of tetrazole rings is 1. The first-order chi connectivity index (χ1) is 7.88. The minimum Gasteiger partial charge on any atom is -0.383 e. The van der Waals surface area contributed by atoms with Gasteiger partial charge in [0, 0.05) is 20.2 Å². The second kappa shape index (κ2) is 8.10. The lowest BCUT2D eigenvalue weighted by molar-refractivity contribution is 0.199. The number of rotatable bonds is 8. The van der Waals surface area contributed by atoms with Crippen molar-refractivity contribution >= 4 is 11.8 Å². The summed E-state index contributed by atoms with van der Waals surface area (Å²) in [6, 6.07) is 0. The van der Waals surface area contributed by atoms with Gasteiger partial charge in [-0.2, -0.15) is 0 Å². The van der Waals surface area contributed by atoms with Gasteiger partial charge in [0.15, 0.2) is 0 Å². The van der Waals surface area contributed by atoms with E-state index in [0.717, 1.165) is 24.8 Å². The highest BCUT2D eigenvalue weighted by Crippen LogP contribution is 2.11. The summed E-state index contributed by atoms with van der Waals surface area (Å²) >= 11 is 1.46. The number of methoxy groups -OCH3 is 1. The Hall–Kier alpha value is -1.10. The van der Waals surface area contributed by atoms with Crippen LogP contribution in [-0.2, 0) is 11.3 Å². The number of hydrogen-bond donors (Lipinski definition) is 1. The van der Waals surface area contributed by atoms with E-state index in [9.17, 15) is 0 Å². The summed E-state index contributed by atoms with van der Waals surface area (Å²) in [7, 11) is 1.68. The highest BCUT2D eigenvalue weighted by atomic mass is 32.2. The standard InChI is InChI=1S/C9H15N5OS/c1-3-8-16-9-11-12-13-14(9)6-4-10-5-7-15-2/h1,10H,4-8H2,2H3. The third kappa shape index (κ3) is 4.61. The Bertz CT molecular complexity index is 335. The van der Waals surface area contributed by atoms with E-state index in [-0.39, 0.29) is 0 Å². The molecule has 1 aromatic rings. The molecule has 1 heterocycles. The molecule has 0 atom stereocenters. The van der Waals surface area contributed by atoms with Crippen LogP contribution in [0.1, 0.15) is 0 Å². The van der Waals surface area contributed by atoms with Crippen molar-refractivity contribution in [3.05, 3.63) is 0 Å². The molecule has 1 N–H and O–H groups in total. The fourth-order valence-electron chi connectivity index (χ4n) is 1.03. The van der Waals surface area contributed by atoms with Crippen LogP contribution in [0.4, 0.5) is 0 Å². The maximum absolute atomic E-state index is 5.18. The predicted molar refractivity (Wildman–Crippen MR) is 62.1 cm³/mol. The minimum atomic E-state index is 0.581. The molecule has 0 amide bonds. The lowest BCUT2D eigenvalue weighted by atomic mass is 10.6. The van der Waals surface area contributed by atoms with Crippen molar-refractivity contribution in [2.75, 3.05) is 32.6 Å². The van der Waals surface area contributed by atoms with E-state index in [1.807, 2.05) is 0 Å². The summed E-state index contributed by atoms with van der Waals surface area (Å²) in [5, 5.41) is 15.4. The lowest BCUT2D eigenvalue weighted by Crippen LogP contribution is -2.24. The second-order valence-electron chi connectivity index (χ2n) is 2.92. The van der Waals surface area contributed by atoms with E-state index in [1.54, 1.807) is 11.8 Å². The molecule has 0 aliphatic rings. The first-order valence-corrected chi connectivity index (χ1v) is 5.89. The predicted octanol–water partition coefficient (Wildman–Crippen LogP) is -0.366. The fraction of sp³-hybridized carbons (Fsp3) is 0.667. The van der Waals surface area contributed by atoms with Gasteiger partial charge in [-0.3, -0.25) is 0 Å². The van der Waals surface area contributed by atoms with Crippen LogP contribution in [0.15, 0.2) is 5.16 Å². The van der Waals surface area contributed by atoms with Crippen LogP contribution in [0.5, 0.6) is 0 Å². The zero-order valence-electron chi connectivity index (χ0n) is 9.22. The molecule has 0 saturated carbocycles. The largest absolute Gasteiger partial charge is 0.383 e. The van der Waals surface area contributed by atoms with E-state index >= 15 is 0 Å². The van der Waals surface area contributed by atoms with Crippen LogP contribution in [0.2, 0.25) is 0 Å². The number of terminal acetylenes is 1. The van der Waals surface area contributed by atoms with Gasteiger partial charge in [-0.05, 0) is 10.4 Å². The van der Waals surface area contributed by atoms with Gasteiger partial charge < -0.3 is 10.1 Å². The van der Waals surface area contributed by atoms with Crippen molar-refractivity contribution in [1.82, 2.24) is 25.5 Å². The molecule has 0 bridgehead atoms. The number of thioether (sulfide) groups is 1. The van der Waals surface area contributed by atoms with Crippen molar-refractivity contribution in [2.45, 2.75) is 11.7 Å². The maximum atomic E-state index is 5.18. The van der Waals surface area contributed by atoms with Gasteiger partial charge in [0.2, 0.25) is 5.16 Å². The Morgan fingerprint density at radius 3 is 3.19 bits per heavy atom. The van der Waals surface area contributed by atoms with E-state index in [4.69, 9.17) is 11.2 Å². The Balaban J connectivity index is 2.25. The Kier molecular flexibility index (Phi) is 6.56. The van der Waals surface area contributed by atoms with Crippen LogP contribution in [-0.4, -0.2) is 52.8 Å². The molecule has 0 aliphatic heterocycles. The summed E-state index contributed by atoms with van der Waals surface area (Å²) in [6.45, 7) is 3.06. The summed E-state index contributed by atoms with van der Waals surface area (Å²) in [5.74, 6) is 3.12. The van der Waals surface area contributed by atoms with Crippen molar-refractivity contribution in [1.29, 1.82) is 0 Å². The summed E-state index contributed by atoms with van der Waals surface area (Å²) in [6.07, 6.45) is 5.18. The highest BCUT2D eigenvalue weighted by molar-refractivity contribution is 7.99. The van der Waals surface area contributed by atoms with Crippen LogP contribution in [0, 0.1) is 12.3 Å². The highest BCUT2D eigenvalue weighted by Gasteiger charge is 2.04. The van der Waals surface area contributed by atoms with Gasteiger partial charge >= 0.3 is 0 Å². The van der Waals surface area contributed by atoms with Gasteiger partial charge in [-0.15, -0.1) is 11.5 Å². The number of nitrogens with one attached hydrogen (secondary N) is 1. The molecular weight excluding hydrogens is 226 g/mol. The first-order valence-electron chi connectivity index (χ1n) is 4.90. The average Bonchev–Trinajstić information content (AvgIpc) is 2.74. The molecule has 0 saturated heterocycles. The van der Waals surface area contributed by atoms with Crippen LogP contribution in [0.25, 0.3) is 0 Å². The van der Waals surface area contributed by atoms with E-state index in [2.05, 4.69) is 26.8 Å². The zero-order chi connectivity index (χ0) is 11.6. The average molecular weight is 241 g/mol. The molecule has 0 spiro atoms. The third-order valence-electron chi connectivity index (χ3n) is 1.77. The van der Waals surface area contributed by atoms with Crippen molar-refractivity contribution in [3.63, 3.8) is 0 Å². The summed E-state index contributed by atoms with van der Waals surface area (Å²) in [4.78, 5) is 0. The molecule has 0 aliphatic carbocycles. The Morgan fingerprint density at radius 1 is 1.56 bits per heavy atom. The third-order valence-corrected chi connectivity index (χ3v) is 2.63. The van der Waals surface area contributed by atoms with E-state index < -0.39 is 0 Å². The SMILES string of the molecule is C#CCSc1nnnn1CCNCCOC. The molecule has 0 radical (unpaired) electrons. The second-order valence-corrected chi connectivity index (χ2v) is 3.86. The van der Waals surface area contributed by atoms with Gasteiger partial charge in [0.25, 0.3) is 0 Å². The summed E-state index contributed by atoms with van der Waals surface area (Å²) < 4.78 is 6.66. The molecule has 7 heteroatoms. The molecule has 88 valence electrons. The Labute approximate surface area is 99.1 Å². The van der Waals surface area contributed by atoms with Crippen LogP contribution >= 0.6 is 11.8 Å². The number of hydrogen-bond acceptors (Lipinski definition) is 6. The molecule has 0 fully saturated rings. The minimum absolute atomic E-state index is 0.581. The monoisotopic (exact) mass is 241 g/mol. The zero-order valence-corrected chi connectivity index (χ0v) is 10.0. The van der Waals surface area contributed by atoms with Gasteiger partial charge in [-0.1, -0.05) is 17.7 Å². The van der Waals surface area contributed by atoms with Crippen molar-refractivity contribution in [2.24, 2.45) is 0 Å². The molecule has 16 heavy (non-hydrogen) atoms. The van der Waals surface area contributed by atoms with Gasteiger partial charge in [0.05, 0.1) is 18.9 Å². The molecule has 0 aromatic carbocycles. The molecule has 1 rings (SSSR count). The van der Waals surface area contributed by atoms with E-state index in [1.165, 1.54) is 11.8 Å². The fourth-order valence-corrected chi connectivity index (χ4v) is 1.61. The van der Waals surface area contributed by atoms with Crippen molar-refractivity contribution in [3.8, 4) is 12.3 Å². The van der Waals surface area contributed by atoms with Crippen molar-refractivity contribution < 1.29 is 4.74 Å². The summed E-state index contributed by atoms with van der Waals surface area (Å²) in [5.41, 5.74) is 0. The quantitative estimate of drug-likeness (QED) is 0.381. The molecule has 1 aromatic heterocycles. The van der Waals surface area contributed by atoms with E-state index in [0.29, 0.717) is 12.4 Å². The van der Waals surface area contributed by atoms with Gasteiger partial charge in [0.1, 0.15) is 0 Å². The topological polar surface area (TPSA) is 64.9 Å².